The maximum atomic E-state index is 5.30. The van der Waals surface area contributed by atoms with Crippen LogP contribution in [0.25, 0.3) is 21.4 Å². The van der Waals surface area contributed by atoms with E-state index in [2.05, 4.69) is 30.8 Å². The summed E-state index contributed by atoms with van der Waals surface area (Å²) in [5.74, 6) is 1.75. The number of nitrogens with zero attached hydrogens (tertiary/aromatic N) is 7. The third-order valence-corrected chi connectivity index (χ3v) is 6.01. The lowest BCUT2D eigenvalue weighted by Crippen LogP contribution is -2.46. The van der Waals surface area contributed by atoms with Crippen LogP contribution in [0.15, 0.2) is 30.9 Å². The van der Waals surface area contributed by atoms with Crippen molar-refractivity contribution in [1.29, 1.82) is 0 Å². The number of hydrogen-bond acceptors (Lipinski definition) is 8. The van der Waals surface area contributed by atoms with Crippen LogP contribution >= 0.6 is 11.3 Å². The van der Waals surface area contributed by atoms with E-state index in [1.165, 1.54) is 4.70 Å². The molecule has 138 valence electrons. The maximum absolute atomic E-state index is 5.30. The van der Waals surface area contributed by atoms with Gasteiger partial charge < -0.3 is 19.1 Å². The van der Waals surface area contributed by atoms with Gasteiger partial charge in [0, 0.05) is 39.3 Å². The minimum absolute atomic E-state index is 0.840. The Kier molecular flexibility index (Phi) is 3.82. The number of thiazole rings is 1. The molecule has 1 fully saturated rings. The number of ether oxygens (including phenoxy) is 1. The number of hydrogen-bond donors (Lipinski definition) is 0. The Morgan fingerprint density at radius 2 is 1.85 bits per heavy atom. The average Bonchev–Trinajstić information content (AvgIpc) is 3.31. The van der Waals surface area contributed by atoms with Gasteiger partial charge in [0.15, 0.2) is 22.1 Å². The molecule has 0 unspecified atom stereocenters. The molecule has 0 radical (unpaired) electrons. The van der Waals surface area contributed by atoms with E-state index in [4.69, 9.17) is 9.72 Å². The first-order valence-electron chi connectivity index (χ1n) is 8.79. The van der Waals surface area contributed by atoms with Crippen molar-refractivity contribution in [2.75, 3.05) is 43.1 Å². The number of aromatic nitrogens is 5. The van der Waals surface area contributed by atoms with Crippen LogP contribution in [0.3, 0.4) is 0 Å². The molecule has 1 aliphatic heterocycles. The monoisotopic (exact) mass is 381 g/mol. The Balaban J connectivity index is 1.36. The molecule has 0 bridgehead atoms. The van der Waals surface area contributed by atoms with Gasteiger partial charge in [-0.1, -0.05) is 11.3 Å². The van der Waals surface area contributed by atoms with Crippen molar-refractivity contribution in [3.8, 4) is 5.75 Å². The van der Waals surface area contributed by atoms with Crippen molar-refractivity contribution in [3.63, 3.8) is 0 Å². The first-order valence-corrected chi connectivity index (χ1v) is 9.61. The van der Waals surface area contributed by atoms with Crippen LogP contribution < -0.4 is 14.5 Å². The number of rotatable bonds is 3. The van der Waals surface area contributed by atoms with Crippen molar-refractivity contribution in [1.82, 2.24) is 24.5 Å². The molecule has 3 aromatic heterocycles. The summed E-state index contributed by atoms with van der Waals surface area (Å²) in [6.07, 6.45) is 3.40. The van der Waals surface area contributed by atoms with Crippen molar-refractivity contribution < 1.29 is 4.74 Å². The number of methoxy groups -OCH3 is 1. The van der Waals surface area contributed by atoms with Gasteiger partial charge in [0.05, 0.1) is 23.7 Å². The van der Waals surface area contributed by atoms with Gasteiger partial charge in [-0.05, 0) is 12.1 Å². The second-order valence-corrected chi connectivity index (χ2v) is 7.54. The van der Waals surface area contributed by atoms with Gasteiger partial charge in [0.2, 0.25) is 0 Å². The first kappa shape index (κ1) is 16.2. The Labute approximate surface area is 160 Å². The highest BCUT2D eigenvalue weighted by Crippen LogP contribution is 2.32. The van der Waals surface area contributed by atoms with Gasteiger partial charge in [-0.25, -0.2) is 19.9 Å². The number of anilines is 2. The minimum Gasteiger partial charge on any atom is -0.497 e. The summed E-state index contributed by atoms with van der Waals surface area (Å²) in [5.41, 5.74) is 2.71. The molecule has 1 aromatic carbocycles. The van der Waals surface area contributed by atoms with Crippen LogP contribution in [0.2, 0.25) is 0 Å². The van der Waals surface area contributed by atoms with Crippen LogP contribution in [0.1, 0.15) is 0 Å². The van der Waals surface area contributed by atoms with E-state index in [0.717, 1.165) is 59.6 Å². The zero-order valence-electron chi connectivity index (χ0n) is 15.2. The molecule has 4 heterocycles. The highest BCUT2D eigenvalue weighted by Gasteiger charge is 2.23. The van der Waals surface area contributed by atoms with Gasteiger partial charge in [0.1, 0.15) is 12.1 Å². The molecule has 1 aliphatic rings. The molecule has 0 amide bonds. The van der Waals surface area contributed by atoms with Gasteiger partial charge >= 0.3 is 0 Å². The summed E-state index contributed by atoms with van der Waals surface area (Å²) >= 11 is 1.73. The Bertz CT molecular complexity index is 1110. The normalized spacial score (nSPS) is 15.0. The summed E-state index contributed by atoms with van der Waals surface area (Å²) < 4.78 is 8.40. The number of benzene rings is 1. The fourth-order valence-electron chi connectivity index (χ4n) is 3.43. The third kappa shape index (κ3) is 2.74. The number of aryl methyl sites for hydroxylation is 1. The van der Waals surface area contributed by atoms with E-state index < -0.39 is 0 Å². The average molecular weight is 381 g/mol. The van der Waals surface area contributed by atoms with Gasteiger partial charge in [-0.2, -0.15) is 0 Å². The highest BCUT2D eigenvalue weighted by atomic mass is 32.1. The van der Waals surface area contributed by atoms with Crippen LogP contribution in [0.4, 0.5) is 10.9 Å². The van der Waals surface area contributed by atoms with Gasteiger partial charge in [-0.15, -0.1) is 0 Å². The van der Waals surface area contributed by atoms with Crippen LogP contribution in [0, 0.1) is 0 Å². The van der Waals surface area contributed by atoms with Gasteiger partial charge in [-0.3, -0.25) is 0 Å². The second kappa shape index (κ2) is 6.34. The Hall–Kier alpha value is -2.94. The SMILES string of the molecule is COc1ccc2sc(N3CCN(c4ncnc5c4ncn5C)CC3)nc2c1. The highest BCUT2D eigenvalue weighted by molar-refractivity contribution is 7.22. The lowest BCUT2D eigenvalue weighted by Gasteiger charge is -2.35. The maximum Gasteiger partial charge on any atom is 0.186 e. The largest absolute Gasteiger partial charge is 0.497 e. The standard InChI is InChI=1S/C18H19N7OS/c1-23-11-21-15-16(23)19-10-20-17(15)24-5-7-25(8-6-24)18-22-13-9-12(26-2)3-4-14(13)27-18/h3-4,9-11H,5-8H2,1-2H3. The predicted molar refractivity (Wildman–Crippen MR) is 107 cm³/mol. The number of fused-ring (bicyclic) bond motifs is 2. The van der Waals surface area contributed by atoms with E-state index >= 15 is 0 Å². The lowest BCUT2D eigenvalue weighted by atomic mass is 10.3. The smallest absolute Gasteiger partial charge is 0.186 e. The molecule has 4 aromatic rings. The van der Waals surface area contributed by atoms with E-state index in [9.17, 15) is 0 Å². The molecule has 0 atom stereocenters. The van der Waals surface area contributed by atoms with E-state index in [1.54, 1.807) is 31.1 Å². The molecular formula is C18H19N7OS. The van der Waals surface area contributed by atoms with E-state index in [1.807, 2.05) is 23.7 Å². The van der Waals surface area contributed by atoms with Crippen LogP contribution in [-0.2, 0) is 7.05 Å². The zero-order chi connectivity index (χ0) is 18.4. The van der Waals surface area contributed by atoms with Crippen molar-refractivity contribution in [3.05, 3.63) is 30.9 Å². The molecule has 1 saturated heterocycles. The molecule has 9 heteroatoms. The predicted octanol–water partition coefficient (Wildman–Crippen LogP) is 2.31. The van der Waals surface area contributed by atoms with Crippen molar-refractivity contribution >= 4 is 43.7 Å². The molecule has 5 rings (SSSR count). The molecule has 0 N–H and O–H groups in total. The van der Waals surface area contributed by atoms with E-state index in [-0.39, 0.29) is 0 Å². The first-order chi connectivity index (χ1) is 13.2. The molecule has 0 saturated carbocycles. The quantitative estimate of drug-likeness (QED) is 0.539. The van der Waals surface area contributed by atoms with E-state index in [0.29, 0.717) is 0 Å². The third-order valence-electron chi connectivity index (χ3n) is 4.91. The zero-order valence-corrected chi connectivity index (χ0v) is 16.0. The lowest BCUT2D eigenvalue weighted by molar-refractivity contribution is 0.415. The Morgan fingerprint density at radius 3 is 2.67 bits per heavy atom. The fourth-order valence-corrected chi connectivity index (χ4v) is 4.43. The van der Waals surface area contributed by atoms with Crippen molar-refractivity contribution in [2.45, 2.75) is 0 Å². The molecule has 8 nitrogen and oxygen atoms in total. The number of imidazole rings is 1. The summed E-state index contributed by atoms with van der Waals surface area (Å²) in [6, 6.07) is 6.05. The summed E-state index contributed by atoms with van der Waals surface area (Å²) in [4.78, 5) is 22.7. The van der Waals surface area contributed by atoms with Crippen molar-refractivity contribution in [2.24, 2.45) is 7.05 Å². The Morgan fingerprint density at radius 1 is 1.04 bits per heavy atom. The minimum atomic E-state index is 0.840. The summed E-state index contributed by atoms with van der Waals surface area (Å²) in [5, 5.41) is 1.06. The number of piperazine rings is 1. The molecule has 0 spiro atoms. The summed E-state index contributed by atoms with van der Waals surface area (Å²) in [6.45, 7) is 3.55. The van der Waals surface area contributed by atoms with Gasteiger partial charge in [0.25, 0.3) is 0 Å². The van der Waals surface area contributed by atoms with Crippen LogP contribution in [0.5, 0.6) is 5.75 Å². The molecule has 0 aliphatic carbocycles. The summed E-state index contributed by atoms with van der Waals surface area (Å²) in [7, 11) is 3.63. The molecular weight excluding hydrogens is 362 g/mol. The molecule has 27 heavy (non-hydrogen) atoms. The topological polar surface area (TPSA) is 72.2 Å². The fraction of sp³-hybridized carbons (Fsp3) is 0.333. The van der Waals surface area contributed by atoms with Crippen LogP contribution in [-0.4, -0.2) is 57.8 Å². The second-order valence-electron chi connectivity index (χ2n) is 6.53.